The molecule has 0 radical (unpaired) electrons. The molecule has 0 aromatic carbocycles. The Balaban J connectivity index is 1.79. The van der Waals surface area contributed by atoms with E-state index >= 15 is 0 Å². The normalized spacial score (nSPS) is 34.9. The van der Waals surface area contributed by atoms with Gasteiger partial charge < -0.3 is 10.4 Å². The van der Waals surface area contributed by atoms with E-state index in [1.165, 1.54) is 44.9 Å². The van der Waals surface area contributed by atoms with E-state index in [1.807, 2.05) is 0 Å². The first-order chi connectivity index (χ1) is 7.70. The van der Waals surface area contributed by atoms with Gasteiger partial charge in [-0.15, -0.1) is 0 Å². The molecular weight excluding hydrogens is 198 g/mol. The monoisotopic (exact) mass is 225 g/mol. The number of rotatable bonds is 3. The molecule has 0 heterocycles. The summed E-state index contributed by atoms with van der Waals surface area (Å²) in [7, 11) is 0. The van der Waals surface area contributed by atoms with Crippen LogP contribution in [0.5, 0.6) is 0 Å². The van der Waals surface area contributed by atoms with Gasteiger partial charge in [-0.2, -0.15) is 0 Å². The maximum atomic E-state index is 10.3. The van der Waals surface area contributed by atoms with Crippen LogP contribution in [0.2, 0.25) is 0 Å². The Morgan fingerprint density at radius 2 is 1.75 bits per heavy atom. The van der Waals surface area contributed by atoms with Crippen LogP contribution >= 0.6 is 0 Å². The molecule has 0 aromatic heterocycles. The zero-order chi connectivity index (χ0) is 11.4. The second-order valence-corrected chi connectivity index (χ2v) is 6.03. The maximum absolute atomic E-state index is 10.3. The fourth-order valence-electron chi connectivity index (χ4n) is 3.33. The van der Waals surface area contributed by atoms with Crippen molar-refractivity contribution in [3.63, 3.8) is 0 Å². The molecule has 2 fully saturated rings. The van der Waals surface area contributed by atoms with Crippen molar-refractivity contribution in [1.82, 2.24) is 5.32 Å². The Morgan fingerprint density at radius 1 is 1.06 bits per heavy atom. The topological polar surface area (TPSA) is 32.3 Å². The lowest BCUT2D eigenvalue weighted by Crippen LogP contribution is -2.44. The highest BCUT2D eigenvalue weighted by molar-refractivity contribution is 4.88. The van der Waals surface area contributed by atoms with Gasteiger partial charge in [-0.25, -0.2) is 0 Å². The first kappa shape index (κ1) is 12.4. The predicted octanol–water partition coefficient (Wildman–Crippen LogP) is 2.85. The van der Waals surface area contributed by atoms with E-state index in [-0.39, 0.29) is 5.60 Å². The van der Waals surface area contributed by atoms with Crippen molar-refractivity contribution in [2.24, 2.45) is 5.92 Å². The number of hydrogen-bond acceptors (Lipinski definition) is 2. The molecule has 2 aliphatic rings. The lowest BCUT2D eigenvalue weighted by atomic mass is 9.95. The fourth-order valence-corrected chi connectivity index (χ4v) is 3.33. The molecule has 0 bridgehead atoms. The van der Waals surface area contributed by atoms with Gasteiger partial charge >= 0.3 is 0 Å². The van der Waals surface area contributed by atoms with Crippen LogP contribution in [-0.2, 0) is 0 Å². The van der Waals surface area contributed by atoms with Gasteiger partial charge in [0.1, 0.15) is 0 Å². The van der Waals surface area contributed by atoms with Crippen LogP contribution in [0.1, 0.15) is 64.7 Å². The summed E-state index contributed by atoms with van der Waals surface area (Å²) in [5.74, 6) is 0.785. The third-order valence-corrected chi connectivity index (χ3v) is 4.59. The van der Waals surface area contributed by atoms with Crippen LogP contribution in [0, 0.1) is 5.92 Å². The number of nitrogens with one attached hydrogen (secondary N) is 1. The van der Waals surface area contributed by atoms with Crippen LogP contribution < -0.4 is 5.32 Å². The summed E-state index contributed by atoms with van der Waals surface area (Å²) < 4.78 is 0. The molecule has 16 heavy (non-hydrogen) atoms. The van der Waals surface area contributed by atoms with Crippen LogP contribution in [0.3, 0.4) is 0 Å². The second kappa shape index (κ2) is 5.50. The first-order valence-electron chi connectivity index (χ1n) is 7.15. The van der Waals surface area contributed by atoms with Gasteiger partial charge in [0.15, 0.2) is 0 Å². The van der Waals surface area contributed by atoms with Crippen molar-refractivity contribution in [2.75, 3.05) is 6.54 Å². The molecule has 2 aliphatic carbocycles. The minimum Gasteiger partial charge on any atom is -0.389 e. The van der Waals surface area contributed by atoms with Crippen molar-refractivity contribution in [3.8, 4) is 0 Å². The van der Waals surface area contributed by atoms with E-state index in [1.54, 1.807) is 0 Å². The van der Waals surface area contributed by atoms with E-state index in [9.17, 15) is 5.11 Å². The molecular formula is C14H27NO. The molecule has 2 N–H and O–H groups in total. The Morgan fingerprint density at radius 3 is 2.50 bits per heavy atom. The smallest absolute Gasteiger partial charge is 0.0771 e. The molecule has 2 saturated carbocycles. The van der Waals surface area contributed by atoms with Crippen molar-refractivity contribution in [1.29, 1.82) is 0 Å². The second-order valence-electron chi connectivity index (χ2n) is 6.03. The Bertz CT molecular complexity index is 211. The van der Waals surface area contributed by atoms with Crippen molar-refractivity contribution in [3.05, 3.63) is 0 Å². The lowest BCUT2D eigenvalue weighted by Gasteiger charge is -2.29. The number of hydrogen-bond donors (Lipinski definition) is 2. The Hall–Kier alpha value is -0.0800. The summed E-state index contributed by atoms with van der Waals surface area (Å²) >= 11 is 0. The third-order valence-electron chi connectivity index (χ3n) is 4.59. The maximum Gasteiger partial charge on any atom is 0.0771 e. The standard InChI is InChI=1S/C14H27NO/c1-12-7-3-2-4-8-13(12)15-11-14(16)9-5-6-10-14/h12-13,15-16H,2-11H2,1H3. The van der Waals surface area contributed by atoms with E-state index in [0.29, 0.717) is 6.04 Å². The van der Waals surface area contributed by atoms with Crippen LogP contribution in [-0.4, -0.2) is 23.3 Å². The molecule has 2 nitrogen and oxygen atoms in total. The first-order valence-corrected chi connectivity index (χ1v) is 7.15. The number of aliphatic hydroxyl groups is 1. The molecule has 2 rings (SSSR count). The zero-order valence-electron chi connectivity index (χ0n) is 10.7. The van der Waals surface area contributed by atoms with Crippen LogP contribution in [0.25, 0.3) is 0 Å². The average Bonchev–Trinajstić information content (AvgIpc) is 2.58. The van der Waals surface area contributed by atoms with Gasteiger partial charge in [0.05, 0.1) is 5.60 Å². The molecule has 2 unspecified atom stereocenters. The quantitative estimate of drug-likeness (QED) is 0.724. The largest absolute Gasteiger partial charge is 0.389 e. The summed E-state index contributed by atoms with van der Waals surface area (Å²) in [5.41, 5.74) is -0.383. The van der Waals surface area contributed by atoms with E-state index in [0.717, 1.165) is 25.3 Å². The Labute approximate surface area is 99.8 Å². The summed E-state index contributed by atoms with van der Waals surface area (Å²) in [6.07, 6.45) is 11.2. The van der Waals surface area contributed by atoms with Gasteiger partial charge in [-0.1, -0.05) is 39.0 Å². The summed E-state index contributed by atoms with van der Waals surface area (Å²) in [6, 6.07) is 0.645. The van der Waals surface area contributed by atoms with Gasteiger partial charge in [0.25, 0.3) is 0 Å². The lowest BCUT2D eigenvalue weighted by molar-refractivity contribution is 0.0425. The molecule has 0 aromatic rings. The average molecular weight is 225 g/mol. The SMILES string of the molecule is CC1CCCCCC1NCC1(O)CCCC1. The van der Waals surface area contributed by atoms with Crippen molar-refractivity contribution in [2.45, 2.75) is 76.4 Å². The minimum absolute atomic E-state index is 0.383. The summed E-state index contributed by atoms with van der Waals surface area (Å²) in [6.45, 7) is 3.18. The highest BCUT2D eigenvalue weighted by Gasteiger charge is 2.32. The molecule has 0 aliphatic heterocycles. The zero-order valence-corrected chi connectivity index (χ0v) is 10.7. The fraction of sp³-hybridized carbons (Fsp3) is 1.00. The van der Waals surface area contributed by atoms with Gasteiger partial charge in [0.2, 0.25) is 0 Å². The van der Waals surface area contributed by atoms with Gasteiger partial charge in [0, 0.05) is 12.6 Å². The highest BCUT2D eigenvalue weighted by Crippen LogP contribution is 2.30. The predicted molar refractivity (Wildman–Crippen MR) is 67.5 cm³/mol. The van der Waals surface area contributed by atoms with Crippen LogP contribution in [0.15, 0.2) is 0 Å². The molecule has 0 spiro atoms. The third kappa shape index (κ3) is 3.21. The summed E-state index contributed by atoms with van der Waals surface area (Å²) in [5, 5.41) is 14.0. The molecule has 94 valence electrons. The summed E-state index contributed by atoms with van der Waals surface area (Å²) in [4.78, 5) is 0. The van der Waals surface area contributed by atoms with Gasteiger partial charge in [-0.3, -0.25) is 0 Å². The van der Waals surface area contributed by atoms with Crippen molar-refractivity contribution < 1.29 is 5.11 Å². The minimum atomic E-state index is -0.383. The molecule has 2 heteroatoms. The van der Waals surface area contributed by atoms with E-state index in [4.69, 9.17) is 0 Å². The van der Waals surface area contributed by atoms with Gasteiger partial charge in [-0.05, 0) is 31.6 Å². The molecule has 0 amide bonds. The van der Waals surface area contributed by atoms with Crippen LogP contribution in [0.4, 0.5) is 0 Å². The highest BCUT2D eigenvalue weighted by atomic mass is 16.3. The molecule has 0 saturated heterocycles. The Kier molecular flexibility index (Phi) is 4.26. The van der Waals surface area contributed by atoms with E-state index < -0.39 is 0 Å². The van der Waals surface area contributed by atoms with E-state index in [2.05, 4.69) is 12.2 Å². The molecule has 2 atom stereocenters. The van der Waals surface area contributed by atoms with Crippen molar-refractivity contribution >= 4 is 0 Å².